The van der Waals surface area contributed by atoms with Gasteiger partial charge in [-0.3, -0.25) is 14.3 Å². The van der Waals surface area contributed by atoms with Crippen LogP contribution in [0.1, 0.15) is 43.5 Å². The number of hydrogen-bond donors (Lipinski definition) is 2. The summed E-state index contributed by atoms with van der Waals surface area (Å²) in [4.78, 5) is 29.9. The normalized spacial score (nSPS) is 18.9. The molecular formula is C24H28ClN7O3. The fraction of sp³-hybridized carbons (Fsp3) is 0.458. The topological polar surface area (TPSA) is 132 Å². The summed E-state index contributed by atoms with van der Waals surface area (Å²) in [5.41, 5.74) is 9.29. The lowest BCUT2D eigenvalue weighted by Gasteiger charge is -2.42. The van der Waals surface area contributed by atoms with Gasteiger partial charge in [0.15, 0.2) is 0 Å². The number of rotatable bonds is 7. The highest BCUT2D eigenvalue weighted by Crippen LogP contribution is 2.44. The molecule has 1 atom stereocenters. The molecule has 2 fully saturated rings. The molecule has 0 bridgehead atoms. The van der Waals surface area contributed by atoms with Crippen molar-refractivity contribution in [2.24, 2.45) is 5.73 Å². The number of pyridine rings is 1. The van der Waals surface area contributed by atoms with Gasteiger partial charge in [-0.05, 0) is 44.7 Å². The average molecular weight is 498 g/mol. The van der Waals surface area contributed by atoms with E-state index >= 15 is 0 Å². The highest BCUT2D eigenvalue weighted by molar-refractivity contribution is 6.33. The van der Waals surface area contributed by atoms with Gasteiger partial charge in [-0.15, -0.1) is 0 Å². The zero-order chi connectivity index (χ0) is 24.7. The lowest BCUT2D eigenvalue weighted by atomic mass is 9.74. The first kappa shape index (κ1) is 23.3. The first-order valence-electron chi connectivity index (χ1n) is 11.7. The van der Waals surface area contributed by atoms with Crippen LogP contribution in [-0.4, -0.2) is 50.1 Å². The quantitative estimate of drug-likeness (QED) is 0.512. The SMILES string of the molecule is Cc1nn(C2(CC(N)=O)CCC2)c(C)c1-c1ccnc(O[C@@H]2CCN(c3cn[nH]c(=O)c3Cl)C2)c1. The Kier molecular flexibility index (Phi) is 6.00. The number of ether oxygens (including phenoxy) is 1. The Morgan fingerprint density at radius 2 is 2.17 bits per heavy atom. The van der Waals surface area contributed by atoms with Gasteiger partial charge in [-0.25, -0.2) is 10.1 Å². The van der Waals surface area contributed by atoms with Crippen LogP contribution < -0.4 is 20.9 Å². The average Bonchev–Trinajstić information content (AvgIpc) is 3.36. The molecular weight excluding hydrogens is 470 g/mol. The van der Waals surface area contributed by atoms with E-state index in [4.69, 9.17) is 27.2 Å². The van der Waals surface area contributed by atoms with Crippen molar-refractivity contribution in [1.29, 1.82) is 0 Å². The number of hydrogen-bond acceptors (Lipinski definition) is 7. The number of aromatic nitrogens is 5. The number of nitrogens with two attached hydrogens (primary N) is 1. The van der Waals surface area contributed by atoms with Crippen molar-refractivity contribution in [2.75, 3.05) is 18.0 Å². The summed E-state index contributed by atoms with van der Waals surface area (Å²) in [6, 6.07) is 3.87. The molecule has 5 rings (SSSR count). The van der Waals surface area contributed by atoms with Crippen LogP contribution in [0, 0.1) is 13.8 Å². The molecule has 11 heteroatoms. The number of aryl methyl sites for hydroxylation is 1. The molecule has 0 spiro atoms. The number of nitrogens with one attached hydrogen (secondary N) is 1. The summed E-state index contributed by atoms with van der Waals surface area (Å²) in [7, 11) is 0. The smallest absolute Gasteiger partial charge is 0.285 e. The van der Waals surface area contributed by atoms with Crippen molar-refractivity contribution in [3.8, 4) is 17.0 Å². The molecule has 184 valence electrons. The summed E-state index contributed by atoms with van der Waals surface area (Å²) in [5.74, 6) is 0.215. The number of carbonyl (C=O) groups excluding carboxylic acids is 1. The molecule has 1 aliphatic heterocycles. The summed E-state index contributed by atoms with van der Waals surface area (Å²) in [5, 5.41) is 11.1. The maximum absolute atomic E-state index is 11.8. The van der Waals surface area contributed by atoms with E-state index in [1.807, 2.05) is 35.6 Å². The van der Waals surface area contributed by atoms with Gasteiger partial charge in [-0.2, -0.15) is 10.2 Å². The molecule has 0 radical (unpaired) electrons. The minimum atomic E-state index is -0.409. The Morgan fingerprint density at radius 1 is 1.37 bits per heavy atom. The molecule has 3 aromatic heterocycles. The predicted octanol–water partition coefficient (Wildman–Crippen LogP) is 2.71. The molecule has 35 heavy (non-hydrogen) atoms. The van der Waals surface area contributed by atoms with Crippen LogP contribution in [0.25, 0.3) is 11.1 Å². The Balaban J connectivity index is 1.36. The van der Waals surface area contributed by atoms with E-state index in [1.54, 1.807) is 12.4 Å². The third-order valence-corrected chi connectivity index (χ3v) is 7.47. The first-order chi connectivity index (χ1) is 16.8. The van der Waals surface area contributed by atoms with Crippen LogP contribution in [-0.2, 0) is 10.3 Å². The van der Waals surface area contributed by atoms with E-state index in [2.05, 4.69) is 15.2 Å². The molecule has 0 unspecified atom stereocenters. The van der Waals surface area contributed by atoms with Crippen molar-refractivity contribution in [3.63, 3.8) is 0 Å². The predicted molar refractivity (Wildman–Crippen MR) is 132 cm³/mol. The van der Waals surface area contributed by atoms with Crippen LogP contribution in [0.3, 0.4) is 0 Å². The number of anilines is 1. The number of amides is 1. The van der Waals surface area contributed by atoms with Gasteiger partial charge >= 0.3 is 0 Å². The fourth-order valence-electron chi connectivity index (χ4n) is 5.33. The van der Waals surface area contributed by atoms with Crippen molar-refractivity contribution in [1.82, 2.24) is 25.0 Å². The van der Waals surface area contributed by atoms with E-state index in [0.717, 1.165) is 48.2 Å². The van der Waals surface area contributed by atoms with E-state index in [0.29, 0.717) is 31.1 Å². The number of nitrogens with zero attached hydrogens (tertiary/aromatic N) is 5. The van der Waals surface area contributed by atoms with Gasteiger partial charge in [0.1, 0.15) is 11.1 Å². The van der Waals surface area contributed by atoms with Crippen molar-refractivity contribution >= 4 is 23.2 Å². The van der Waals surface area contributed by atoms with E-state index in [1.165, 1.54) is 0 Å². The van der Waals surface area contributed by atoms with Gasteiger partial charge in [0.2, 0.25) is 11.8 Å². The molecule has 1 aliphatic carbocycles. The number of carbonyl (C=O) groups is 1. The van der Waals surface area contributed by atoms with Gasteiger partial charge in [0.25, 0.3) is 5.56 Å². The van der Waals surface area contributed by atoms with Crippen molar-refractivity contribution < 1.29 is 9.53 Å². The number of H-pyrrole nitrogens is 1. The molecule has 3 aromatic rings. The van der Waals surface area contributed by atoms with E-state index in [9.17, 15) is 9.59 Å². The van der Waals surface area contributed by atoms with Crippen LogP contribution in [0.5, 0.6) is 5.88 Å². The molecule has 1 saturated carbocycles. The second-order valence-electron chi connectivity index (χ2n) is 9.43. The van der Waals surface area contributed by atoms with Crippen LogP contribution in [0.4, 0.5) is 5.69 Å². The monoisotopic (exact) mass is 497 g/mol. The minimum Gasteiger partial charge on any atom is -0.472 e. The van der Waals surface area contributed by atoms with Crippen LogP contribution in [0.2, 0.25) is 5.02 Å². The van der Waals surface area contributed by atoms with Crippen molar-refractivity contribution in [2.45, 2.75) is 57.6 Å². The summed E-state index contributed by atoms with van der Waals surface area (Å²) in [6.07, 6.45) is 7.09. The maximum atomic E-state index is 11.8. The van der Waals surface area contributed by atoms with Gasteiger partial charge < -0.3 is 15.4 Å². The van der Waals surface area contributed by atoms with Crippen molar-refractivity contribution in [3.05, 3.63) is 51.3 Å². The van der Waals surface area contributed by atoms with Crippen LogP contribution in [0.15, 0.2) is 29.3 Å². The third kappa shape index (κ3) is 4.27. The minimum absolute atomic E-state index is 0.105. The third-order valence-electron chi connectivity index (χ3n) is 7.10. The fourth-order valence-corrected chi connectivity index (χ4v) is 5.54. The molecule has 2 aliphatic rings. The Bertz CT molecular complexity index is 1330. The lowest BCUT2D eigenvalue weighted by Crippen LogP contribution is -2.45. The zero-order valence-electron chi connectivity index (χ0n) is 19.8. The number of aromatic amines is 1. The molecule has 1 amide bonds. The second kappa shape index (κ2) is 8.99. The first-order valence-corrected chi connectivity index (χ1v) is 12.1. The van der Waals surface area contributed by atoms with Gasteiger partial charge in [0.05, 0.1) is 36.1 Å². The molecule has 3 N–H and O–H groups in total. The second-order valence-corrected chi connectivity index (χ2v) is 9.81. The largest absolute Gasteiger partial charge is 0.472 e. The molecule has 1 saturated heterocycles. The summed E-state index contributed by atoms with van der Waals surface area (Å²) >= 11 is 6.16. The highest BCUT2D eigenvalue weighted by Gasteiger charge is 2.42. The summed E-state index contributed by atoms with van der Waals surface area (Å²) < 4.78 is 8.21. The van der Waals surface area contributed by atoms with E-state index in [-0.39, 0.29) is 22.6 Å². The van der Waals surface area contributed by atoms with Gasteiger partial charge in [-0.1, -0.05) is 11.6 Å². The molecule has 10 nitrogen and oxygen atoms in total. The van der Waals surface area contributed by atoms with Crippen LogP contribution >= 0.6 is 11.6 Å². The Morgan fingerprint density at radius 3 is 2.89 bits per heavy atom. The molecule has 0 aromatic carbocycles. The van der Waals surface area contributed by atoms with Gasteiger partial charge in [0, 0.05) is 36.5 Å². The Labute approximate surface area is 207 Å². The standard InChI is InChI=1S/C24H28ClN7O3/c1-14-21(15(2)32(30-14)24(6-3-7-24)11-19(26)33)16-4-8-27-20(10-16)35-17-5-9-31(13-17)18-12-28-29-23(34)22(18)25/h4,8,10,12,17H,3,5-7,9,11,13H2,1-2H3,(H2,26,33)(H,29,34)/t17-/m1/s1. The highest BCUT2D eigenvalue weighted by atomic mass is 35.5. The maximum Gasteiger partial charge on any atom is 0.285 e. The lowest BCUT2D eigenvalue weighted by molar-refractivity contribution is -0.121. The zero-order valence-corrected chi connectivity index (χ0v) is 20.5. The van der Waals surface area contributed by atoms with E-state index < -0.39 is 5.56 Å². The Hall–Kier alpha value is -3.40. The number of primary amides is 1. The molecule has 4 heterocycles. The summed E-state index contributed by atoms with van der Waals surface area (Å²) in [6.45, 7) is 5.28. The number of halogens is 1.